The van der Waals surface area contributed by atoms with Gasteiger partial charge in [-0.2, -0.15) is 4.98 Å². The van der Waals surface area contributed by atoms with Gasteiger partial charge in [-0.15, -0.1) is 0 Å². The molecule has 0 saturated heterocycles. The lowest BCUT2D eigenvalue weighted by Crippen LogP contribution is -2.10. The average molecular weight is 241 g/mol. The third-order valence-corrected chi connectivity index (χ3v) is 2.45. The van der Waals surface area contributed by atoms with Crippen LogP contribution in [0.1, 0.15) is 0 Å². The number of nitrogens with two attached hydrogens (primary N) is 1. The zero-order valence-corrected chi connectivity index (χ0v) is 9.45. The number of hydrazine groups is 1. The van der Waals surface area contributed by atoms with E-state index in [-0.39, 0.29) is 0 Å². The van der Waals surface area contributed by atoms with Crippen molar-refractivity contribution in [1.82, 2.24) is 14.4 Å². The zero-order chi connectivity index (χ0) is 12.4. The maximum atomic E-state index is 5.70. The number of anilines is 1. The number of imidazole rings is 1. The van der Waals surface area contributed by atoms with Gasteiger partial charge in [0.15, 0.2) is 5.82 Å². The SMILES string of the molecule is NNc1cn2ccnc2c(Oc2ccccc2)n1. The number of ether oxygens (including phenoxy) is 1. The molecule has 0 spiro atoms. The number of rotatable bonds is 3. The van der Waals surface area contributed by atoms with Gasteiger partial charge in [-0.05, 0) is 12.1 Å². The fourth-order valence-electron chi connectivity index (χ4n) is 1.64. The largest absolute Gasteiger partial charge is 0.436 e. The predicted molar refractivity (Wildman–Crippen MR) is 67.3 cm³/mol. The summed E-state index contributed by atoms with van der Waals surface area (Å²) in [6.45, 7) is 0. The molecule has 0 aliphatic rings. The number of benzene rings is 1. The minimum atomic E-state index is 0.404. The van der Waals surface area contributed by atoms with Gasteiger partial charge < -0.3 is 10.2 Å². The topological polar surface area (TPSA) is 77.5 Å². The summed E-state index contributed by atoms with van der Waals surface area (Å²) in [5, 5.41) is 0. The Morgan fingerprint density at radius 3 is 2.83 bits per heavy atom. The standard InChI is InChI=1S/C12H11N5O/c13-16-10-8-17-7-6-14-11(17)12(15-10)18-9-4-2-1-3-5-9/h1-8,16H,13H2. The van der Waals surface area contributed by atoms with Crippen molar-refractivity contribution in [3.8, 4) is 11.6 Å². The summed E-state index contributed by atoms with van der Waals surface area (Å²) in [5.41, 5.74) is 3.13. The van der Waals surface area contributed by atoms with Crippen molar-refractivity contribution in [3.05, 3.63) is 48.9 Å². The van der Waals surface area contributed by atoms with Crippen LogP contribution in [0.4, 0.5) is 5.82 Å². The lowest BCUT2D eigenvalue weighted by Gasteiger charge is -2.08. The molecule has 2 aromatic heterocycles. The summed E-state index contributed by atoms with van der Waals surface area (Å²) in [4.78, 5) is 8.44. The Bertz CT molecular complexity index is 665. The molecule has 0 radical (unpaired) electrons. The fraction of sp³-hybridized carbons (Fsp3) is 0. The van der Waals surface area contributed by atoms with Crippen LogP contribution >= 0.6 is 0 Å². The molecular weight excluding hydrogens is 230 g/mol. The second-order valence-corrected chi connectivity index (χ2v) is 3.65. The molecule has 0 aliphatic carbocycles. The highest BCUT2D eigenvalue weighted by Crippen LogP contribution is 2.24. The third-order valence-electron chi connectivity index (χ3n) is 2.45. The smallest absolute Gasteiger partial charge is 0.265 e. The number of nitrogens with one attached hydrogen (secondary N) is 1. The molecule has 90 valence electrons. The normalized spacial score (nSPS) is 10.5. The van der Waals surface area contributed by atoms with Crippen LogP contribution < -0.4 is 16.0 Å². The van der Waals surface area contributed by atoms with E-state index in [0.29, 0.717) is 23.1 Å². The summed E-state index contributed by atoms with van der Waals surface area (Å²) in [5.74, 6) is 6.98. The monoisotopic (exact) mass is 241 g/mol. The van der Waals surface area contributed by atoms with Crippen LogP contribution in [0, 0.1) is 0 Å². The van der Waals surface area contributed by atoms with Gasteiger partial charge >= 0.3 is 0 Å². The van der Waals surface area contributed by atoms with E-state index in [1.165, 1.54) is 0 Å². The van der Waals surface area contributed by atoms with Crippen LogP contribution in [-0.2, 0) is 0 Å². The van der Waals surface area contributed by atoms with E-state index in [1.807, 2.05) is 30.3 Å². The number of nitrogens with zero attached hydrogens (tertiary/aromatic N) is 3. The summed E-state index contributed by atoms with van der Waals surface area (Å²) in [7, 11) is 0. The number of nitrogen functional groups attached to an aromatic ring is 1. The molecule has 3 aromatic rings. The first-order valence-electron chi connectivity index (χ1n) is 5.40. The van der Waals surface area contributed by atoms with Crippen LogP contribution in [-0.4, -0.2) is 14.4 Å². The highest BCUT2D eigenvalue weighted by atomic mass is 16.5. The van der Waals surface area contributed by atoms with E-state index in [9.17, 15) is 0 Å². The molecule has 0 amide bonds. The quantitative estimate of drug-likeness (QED) is 0.540. The highest BCUT2D eigenvalue weighted by molar-refractivity contribution is 5.54. The summed E-state index contributed by atoms with van der Waals surface area (Å²) >= 11 is 0. The van der Waals surface area contributed by atoms with E-state index >= 15 is 0 Å². The number of hydrogen-bond acceptors (Lipinski definition) is 5. The molecule has 18 heavy (non-hydrogen) atoms. The Hall–Kier alpha value is -2.60. The maximum absolute atomic E-state index is 5.70. The van der Waals surface area contributed by atoms with Crippen LogP contribution in [0.5, 0.6) is 11.6 Å². The minimum absolute atomic E-state index is 0.404. The van der Waals surface area contributed by atoms with Crippen molar-refractivity contribution in [2.45, 2.75) is 0 Å². The predicted octanol–water partition coefficient (Wildman–Crippen LogP) is 1.81. The molecule has 0 unspecified atom stereocenters. The molecule has 3 N–H and O–H groups in total. The Morgan fingerprint density at radius 2 is 2.06 bits per heavy atom. The summed E-state index contributed by atoms with van der Waals surface area (Å²) in [6.07, 6.45) is 5.21. The molecule has 0 aliphatic heterocycles. The van der Waals surface area contributed by atoms with E-state index in [0.717, 1.165) is 0 Å². The lowest BCUT2D eigenvalue weighted by atomic mass is 10.3. The van der Waals surface area contributed by atoms with Gasteiger partial charge in [-0.3, -0.25) is 4.40 Å². The molecule has 0 fully saturated rings. The second-order valence-electron chi connectivity index (χ2n) is 3.65. The molecule has 6 heteroatoms. The number of hydrogen-bond donors (Lipinski definition) is 2. The Kier molecular flexibility index (Phi) is 2.54. The average Bonchev–Trinajstić information content (AvgIpc) is 2.88. The van der Waals surface area contributed by atoms with Gasteiger partial charge in [0.25, 0.3) is 5.88 Å². The summed E-state index contributed by atoms with van der Waals surface area (Å²) < 4.78 is 7.49. The molecule has 0 saturated carbocycles. The van der Waals surface area contributed by atoms with Gasteiger partial charge in [-0.25, -0.2) is 10.8 Å². The number of aromatic nitrogens is 3. The van der Waals surface area contributed by atoms with Crippen molar-refractivity contribution in [3.63, 3.8) is 0 Å². The molecule has 1 aromatic carbocycles. The van der Waals surface area contributed by atoms with Gasteiger partial charge in [0.05, 0.1) is 6.20 Å². The maximum Gasteiger partial charge on any atom is 0.265 e. The van der Waals surface area contributed by atoms with Crippen LogP contribution in [0.25, 0.3) is 5.65 Å². The Labute approximate surface area is 103 Å². The lowest BCUT2D eigenvalue weighted by molar-refractivity contribution is 0.465. The van der Waals surface area contributed by atoms with E-state index < -0.39 is 0 Å². The Balaban J connectivity index is 2.07. The van der Waals surface area contributed by atoms with Crippen LogP contribution in [0.2, 0.25) is 0 Å². The highest BCUT2D eigenvalue weighted by Gasteiger charge is 2.09. The van der Waals surface area contributed by atoms with Gasteiger partial charge in [0.2, 0.25) is 5.65 Å². The van der Waals surface area contributed by atoms with Gasteiger partial charge in [-0.1, -0.05) is 18.2 Å². The van der Waals surface area contributed by atoms with Crippen molar-refractivity contribution < 1.29 is 4.74 Å². The molecule has 3 rings (SSSR count). The number of fused-ring (bicyclic) bond motifs is 1. The first-order valence-corrected chi connectivity index (χ1v) is 5.40. The summed E-state index contributed by atoms with van der Waals surface area (Å²) in [6, 6.07) is 9.41. The molecule has 6 nitrogen and oxygen atoms in total. The zero-order valence-electron chi connectivity index (χ0n) is 9.45. The fourth-order valence-corrected chi connectivity index (χ4v) is 1.64. The molecule has 0 bridgehead atoms. The second kappa shape index (κ2) is 4.34. The molecular formula is C12H11N5O. The first kappa shape index (κ1) is 10.5. The first-order chi connectivity index (χ1) is 8.86. The third kappa shape index (κ3) is 1.85. The van der Waals surface area contributed by atoms with E-state index in [2.05, 4.69) is 15.4 Å². The minimum Gasteiger partial charge on any atom is -0.436 e. The van der Waals surface area contributed by atoms with E-state index in [4.69, 9.17) is 10.6 Å². The Morgan fingerprint density at radius 1 is 1.22 bits per heavy atom. The van der Waals surface area contributed by atoms with Gasteiger partial charge in [0.1, 0.15) is 5.75 Å². The molecule has 2 heterocycles. The van der Waals surface area contributed by atoms with Crippen molar-refractivity contribution >= 4 is 11.5 Å². The van der Waals surface area contributed by atoms with Crippen LogP contribution in [0.3, 0.4) is 0 Å². The van der Waals surface area contributed by atoms with Crippen LogP contribution in [0.15, 0.2) is 48.9 Å². The van der Waals surface area contributed by atoms with E-state index in [1.54, 1.807) is 23.0 Å². The van der Waals surface area contributed by atoms with Crippen molar-refractivity contribution in [2.75, 3.05) is 5.43 Å². The number of para-hydroxylation sites is 1. The molecule has 0 atom stereocenters. The van der Waals surface area contributed by atoms with Gasteiger partial charge in [0, 0.05) is 12.4 Å². The van der Waals surface area contributed by atoms with Crippen molar-refractivity contribution in [1.29, 1.82) is 0 Å². The van der Waals surface area contributed by atoms with Crippen molar-refractivity contribution in [2.24, 2.45) is 5.84 Å².